The summed E-state index contributed by atoms with van der Waals surface area (Å²) >= 11 is 0. The predicted molar refractivity (Wildman–Crippen MR) is 119 cm³/mol. The summed E-state index contributed by atoms with van der Waals surface area (Å²) in [6, 6.07) is 16.5. The lowest BCUT2D eigenvalue weighted by Crippen LogP contribution is -2.14. The number of unbranched alkanes of at least 4 members (excludes halogenated alkanes) is 3. The van der Waals surface area contributed by atoms with Crippen LogP contribution in [-0.4, -0.2) is 0 Å². The molecule has 0 aliphatic heterocycles. The van der Waals surface area contributed by atoms with Gasteiger partial charge in [-0.3, -0.25) is 0 Å². The first-order valence-corrected chi connectivity index (χ1v) is 11.4. The molecule has 0 radical (unpaired) electrons. The maximum absolute atomic E-state index is 2.46. The van der Waals surface area contributed by atoms with E-state index in [2.05, 4.69) is 63.2 Å². The van der Waals surface area contributed by atoms with Gasteiger partial charge >= 0.3 is 0 Å². The van der Waals surface area contributed by atoms with E-state index in [9.17, 15) is 0 Å². The molecule has 0 fully saturated rings. The molecule has 0 heteroatoms. The Hall–Kier alpha value is -1.56. The Bertz CT molecular complexity index is 694. The minimum absolute atomic E-state index is 0.773. The van der Waals surface area contributed by atoms with Crippen molar-refractivity contribution in [2.45, 2.75) is 85.0 Å². The molecule has 2 unspecified atom stereocenters. The van der Waals surface area contributed by atoms with Crippen molar-refractivity contribution in [2.24, 2.45) is 11.8 Å². The second-order valence-corrected chi connectivity index (χ2v) is 8.86. The summed E-state index contributed by atoms with van der Waals surface area (Å²) in [5.74, 6) is 1.69. The number of benzene rings is 2. The van der Waals surface area contributed by atoms with Crippen LogP contribution in [0.15, 0.2) is 42.5 Å². The van der Waals surface area contributed by atoms with Crippen molar-refractivity contribution in [2.75, 3.05) is 0 Å². The molecule has 0 spiro atoms. The molecule has 1 aliphatic rings. The van der Waals surface area contributed by atoms with Crippen molar-refractivity contribution in [3.63, 3.8) is 0 Å². The first-order chi connectivity index (χ1) is 13.2. The first kappa shape index (κ1) is 20.2. The van der Waals surface area contributed by atoms with Crippen LogP contribution in [0, 0.1) is 11.8 Å². The van der Waals surface area contributed by atoms with E-state index in [1.807, 2.05) is 0 Å². The van der Waals surface area contributed by atoms with Crippen molar-refractivity contribution in [1.82, 2.24) is 0 Å². The molecule has 0 aromatic heterocycles. The zero-order valence-electron chi connectivity index (χ0n) is 17.8. The van der Waals surface area contributed by atoms with Gasteiger partial charge in [-0.15, -0.1) is 0 Å². The Morgan fingerprint density at radius 3 is 2.41 bits per heavy atom. The first-order valence-electron chi connectivity index (χ1n) is 11.4. The highest BCUT2D eigenvalue weighted by molar-refractivity contribution is 5.65. The molecule has 0 bridgehead atoms. The monoisotopic (exact) mass is 362 g/mol. The molecule has 0 amide bonds. The van der Waals surface area contributed by atoms with Crippen molar-refractivity contribution in [3.05, 3.63) is 59.2 Å². The Kier molecular flexibility index (Phi) is 7.56. The predicted octanol–water partition coefficient (Wildman–Crippen LogP) is 8.02. The molecule has 2 aromatic rings. The van der Waals surface area contributed by atoms with Crippen LogP contribution >= 0.6 is 0 Å². The fourth-order valence-electron chi connectivity index (χ4n) is 4.50. The Morgan fingerprint density at radius 2 is 1.67 bits per heavy atom. The minimum atomic E-state index is 0.773. The Balaban J connectivity index is 1.61. The lowest BCUT2D eigenvalue weighted by atomic mass is 9.80. The summed E-state index contributed by atoms with van der Waals surface area (Å²) < 4.78 is 0. The van der Waals surface area contributed by atoms with Gasteiger partial charge in [0.1, 0.15) is 0 Å². The van der Waals surface area contributed by atoms with E-state index >= 15 is 0 Å². The second-order valence-electron chi connectivity index (χ2n) is 8.86. The van der Waals surface area contributed by atoms with E-state index in [4.69, 9.17) is 0 Å². The van der Waals surface area contributed by atoms with Crippen molar-refractivity contribution in [3.8, 4) is 11.1 Å². The second kappa shape index (κ2) is 10.1. The summed E-state index contributed by atoms with van der Waals surface area (Å²) in [4.78, 5) is 0. The standard InChI is InChI=1S/C27H38/c1-4-6-7-8-9-22-12-15-27-20-26(17-16-25(27)19-22)24-13-10-23(11-14-24)18-21(3)5-2/h10-11,13-14,16-17,20-22H,4-9,12,15,18-19H2,1-3H3. The third-order valence-electron chi connectivity index (χ3n) is 6.57. The average Bonchev–Trinajstić information content (AvgIpc) is 2.71. The third-order valence-corrected chi connectivity index (χ3v) is 6.57. The van der Waals surface area contributed by atoms with Crippen LogP contribution in [0.3, 0.4) is 0 Å². The van der Waals surface area contributed by atoms with Gasteiger partial charge in [-0.1, -0.05) is 102 Å². The molecule has 146 valence electrons. The number of hydrogen-bond acceptors (Lipinski definition) is 0. The van der Waals surface area contributed by atoms with E-state index in [1.54, 1.807) is 11.1 Å². The molecule has 0 saturated carbocycles. The molecule has 2 aromatic carbocycles. The largest absolute Gasteiger partial charge is 0.0654 e. The molecule has 3 rings (SSSR count). The van der Waals surface area contributed by atoms with Gasteiger partial charge in [-0.2, -0.15) is 0 Å². The maximum atomic E-state index is 2.46. The summed E-state index contributed by atoms with van der Waals surface area (Å²) in [5, 5.41) is 0. The number of hydrogen-bond donors (Lipinski definition) is 0. The molecule has 27 heavy (non-hydrogen) atoms. The van der Waals surface area contributed by atoms with Crippen LogP contribution in [0.4, 0.5) is 0 Å². The van der Waals surface area contributed by atoms with Crippen LogP contribution < -0.4 is 0 Å². The highest BCUT2D eigenvalue weighted by atomic mass is 14.2. The van der Waals surface area contributed by atoms with Gasteiger partial charge in [0.05, 0.1) is 0 Å². The molecule has 2 atom stereocenters. The van der Waals surface area contributed by atoms with Gasteiger partial charge in [0, 0.05) is 0 Å². The van der Waals surface area contributed by atoms with Gasteiger partial charge in [-0.25, -0.2) is 0 Å². The molecule has 0 nitrogen and oxygen atoms in total. The van der Waals surface area contributed by atoms with Gasteiger partial charge in [-0.05, 0) is 65.3 Å². The van der Waals surface area contributed by atoms with Crippen LogP contribution in [0.1, 0.15) is 82.4 Å². The fourth-order valence-corrected chi connectivity index (χ4v) is 4.50. The van der Waals surface area contributed by atoms with Crippen LogP contribution in [0.2, 0.25) is 0 Å². The van der Waals surface area contributed by atoms with E-state index < -0.39 is 0 Å². The Morgan fingerprint density at radius 1 is 0.889 bits per heavy atom. The van der Waals surface area contributed by atoms with E-state index in [-0.39, 0.29) is 0 Å². The van der Waals surface area contributed by atoms with Gasteiger partial charge in [0.25, 0.3) is 0 Å². The smallest absolute Gasteiger partial charge is 0.0181 e. The van der Waals surface area contributed by atoms with Crippen molar-refractivity contribution in [1.29, 1.82) is 0 Å². The molecule has 0 heterocycles. The number of fused-ring (bicyclic) bond motifs is 1. The SMILES string of the molecule is CCCCCCC1CCc2cc(-c3ccc(CC(C)CC)cc3)ccc2C1. The molecule has 1 aliphatic carbocycles. The third kappa shape index (κ3) is 5.71. The lowest BCUT2D eigenvalue weighted by Gasteiger charge is -2.25. The van der Waals surface area contributed by atoms with Crippen LogP contribution in [-0.2, 0) is 19.3 Å². The zero-order valence-corrected chi connectivity index (χ0v) is 17.8. The van der Waals surface area contributed by atoms with Crippen LogP contribution in [0.5, 0.6) is 0 Å². The molecule has 0 saturated heterocycles. The highest BCUT2D eigenvalue weighted by Gasteiger charge is 2.18. The van der Waals surface area contributed by atoms with Crippen molar-refractivity contribution >= 4 is 0 Å². The number of aryl methyl sites for hydroxylation is 1. The van der Waals surface area contributed by atoms with Crippen LogP contribution in [0.25, 0.3) is 11.1 Å². The van der Waals surface area contributed by atoms with E-state index in [0.717, 1.165) is 11.8 Å². The summed E-state index contributed by atoms with van der Waals surface area (Å²) in [6.45, 7) is 6.92. The quantitative estimate of drug-likeness (QED) is 0.396. The summed E-state index contributed by atoms with van der Waals surface area (Å²) in [5.41, 5.74) is 7.44. The molecule has 0 N–H and O–H groups in total. The van der Waals surface area contributed by atoms with Gasteiger partial charge in [0.15, 0.2) is 0 Å². The van der Waals surface area contributed by atoms with Gasteiger partial charge < -0.3 is 0 Å². The average molecular weight is 363 g/mol. The summed E-state index contributed by atoms with van der Waals surface area (Å²) in [6.07, 6.45) is 13.4. The number of rotatable bonds is 9. The topological polar surface area (TPSA) is 0 Å². The Labute approximate surface area is 167 Å². The normalized spacial score (nSPS) is 17.5. The van der Waals surface area contributed by atoms with E-state index in [1.165, 1.54) is 80.9 Å². The van der Waals surface area contributed by atoms with E-state index in [0.29, 0.717) is 0 Å². The minimum Gasteiger partial charge on any atom is -0.0654 e. The fraction of sp³-hybridized carbons (Fsp3) is 0.556. The molecular weight excluding hydrogens is 324 g/mol. The lowest BCUT2D eigenvalue weighted by molar-refractivity contribution is 0.406. The summed E-state index contributed by atoms with van der Waals surface area (Å²) in [7, 11) is 0. The molecular formula is C27H38. The maximum Gasteiger partial charge on any atom is -0.0181 e. The van der Waals surface area contributed by atoms with Crippen molar-refractivity contribution < 1.29 is 0 Å². The zero-order chi connectivity index (χ0) is 19.1. The van der Waals surface area contributed by atoms with Gasteiger partial charge in [0.2, 0.25) is 0 Å². The highest BCUT2D eigenvalue weighted by Crippen LogP contribution is 2.32.